The molecule has 6 nitrogen and oxygen atoms in total. The first-order valence-electron chi connectivity index (χ1n) is 9.63. The van der Waals surface area contributed by atoms with Crippen LogP contribution in [0.2, 0.25) is 0 Å². The second-order valence-electron chi connectivity index (χ2n) is 7.15. The molecule has 0 radical (unpaired) electrons. The molecular formula is C22H21N3O3S2. The van der Waals surface area contributed by atoms with Gasteiger partial charge in [-0.3, -0.25) is 4.79 Å². The topological polar surface area (TPSA) is 71.7 Å². The molecule has 0 unspecified atom stereocenters. The fraction of sp³-hybridized carbons (Fsp3) is 0.273. The summed E-state index contributed by atoms with van der Waals surface area (Å²) >= 11 is 1.40. The number of aryl methyl sites for hydroxylation is 1. The summed E-state index contributed by atoms with van der Waals surface area (Å²) in [5.41, 5.74) is 2.36. The molecule has 0 bridgehead atoms. The highest BCUT2D eigenvalue weighted by Gasteiger charge is 2.27. The van der Waals surface area contributed by atoms with E-state index in [2.05, 4.69) is 10.9 Å². The van der Waals surface area contributed by atoms with Gasteiger partial charge in [0.2, 0.25) is 10.0 Å². The van der Waals surface area contributed by atoms with Crippen molar-refractivity contribution in [3.8, 4) is 12.3 Å². The van der Waals surface area contributed by atoms with Crippen LogP contribution in [0.15, 0.2) is 52.4 Å². The van der Waals surface area contributed by atoms with Crippen LogP contribution in [0.3, 0.4) is 0 Å². The molecule has 154 valence electrons. The van der Waals surface area contributed by atoms with Crippen LogP contribution < -0.4 is 4.80 Å². The maximum absolute atomic E-state index is 12.8. The van der Waals surface area contributed by atoms with Crippen molar-refractivity contribution >= 4 is 37.5 Å². The number of sulfonamides is 1. The van der Waals surface area contributed by atoms with Gasteiger partial charge in [-0.25, -0.2) is 8.42 Å². The van der Waals surface area contributed by atoms with Crippen LogP contribution in [-0.4, -0.2) is 36.3 Å². The summed E-state index contributed by atoms with van der Waals surface area (Å²) in [5, 5.41) is 0. The smallest absolute Gasteiger partial charge is 0.279 e. The van der Waals surface area contributed by atoms with Gasteiger partial charge in [0.25, 0.3) is 5.91 Å². The first-order chi connectivity index (χ1) is 14.4. The largest absolute Gasteiger partial charge is 0.304 e. The zero-order valence-corrected chi connectivity index (χ0v) is 18.2. The summed E-state index contributed by atoms with van der Waals surface area (Å²) in [7, 11) is -3.51. The van der Waals surface area contributed by atoms with E-state index < -0.39 is 15.9 Å². The number of carbonyl (C=O) groups excluding carboxylic acids is 1. The molecule has 0 atom stereocenters. The van der Waals surface area contributed by atoms with Crippen molar-refractivity contribution in [2.45, 2.75) is 31.2 Å². The first kappa shape index (κ1) is 20.5. The second-order valence-corrected chi connectivity index (χ2v) is 10.1. The Morgan fingerprint density at radius 2 is 1.87 bits per heavy atom. The highest BCUT2D eigenvalue weighted by molar-refractivity contribution is 7.89. The molecule has 1 aliphatic rings. The maximum Gasteiger partial charge on any atom is 0.279 e. The molecule has 3 aromatic rings. The van der Waals surface area contributed by atoms with Crippen LogP contribution in [0, 0.1) is 19.3 Å². The molecule has 1 aromatic heterocycles. The Morgan fingerprint density at radius 3 is 2.53 bits per heavy atom. The number of hydrogen-bond acceptors (Lipinski definition) is 4. The monoisotopic (exact) mass is 439 g/mol. The first-order valence-corrected chi connectivity index (χ1v) is 11.9. The Morgan fingerprint density at radius 1 is 1.17 bits per heavy atom. The predicted molar refractivity (Wildman–Crippen MR) is 118 cm³/mol. The average Bonchev–Trinajstić information content (AvgIpc) is 3.38. The van der Waals surface area contributed by atoms with E-state index in [1.807, 2.05) is 29.7 Å². The molecule has 0 spiro atoms. The van der Waals surface area contributed by atoms with Crippen LogP contribution in [0.1, 0.15) is 28.8 Å². The summed E-state index contributed by atoms with van der Waals surface area (Å²) in [6.45, 7) is 3.38. The molecule has 0 aliphatic carbocycles. The summed E-state index contributed by atoms with van der Waals surface area (Å²) in [5.74, 6) is 2.19. The quantitative estimate of drug-likeness (QED) is 0.586. The molecule has 1 amide bonds. The van der Waals surface area contributed by atoms with Gasteiger partial charge in [0.15, 0.2) is 4.80 Å². The standard InChI is InChI=1S/C22H21N3O3S2/c1-3-13-25-20-16(2)7-6-8-19(20)29-22(25)23-21(26)17-9-11-18(12-10-17)30(27,28)24-14-4-5-15-24/h1,6-12H,4-5,13-15H2,2H3. The van der Waals surface area contributed by atoms with Gasteiger partial charge >= 0.3 is 0 Å². The molecule has 2 aromatic carbocycles. The van der Waals surface area contributed by atoms with Gasteiger partial charge in [-0.2, -0.15) is 9.30 Å². The number of para-hydroxylation sites is 1. The lowest BCUT2D eigenvalue weighted by molar-refractivity contribution is 0.0998. The Labute approximate surface area is 179 Å². The molecule has 1 fully saturated rings. The highest BCUT2D eigenvalue weighted by atomic mass is 32.2. The fourth-order valence-corrected chi connectivity index (χ4v) is 6.25. The summed E-state index contributed by atoms with van der Waals surface area (Å²) in [6.07, 6.45) is 7.28. The van der Waals surface area contributed by atoms with E-state index in [1.165, 1.54) is 39.9 Å². The molecule has 0 saturated carbocycles. The molecular weight excluding hydrogens is 418 g/mol. The third kappa shape index (κ3) is 3.72. The SMILES string of the molecule is C#CCn1c(=NC(=O)c2ccc(S(=O)(=O)N3CCCC3)cc2)sc2cccc(C)c21. The Bertz CT molecular complexity index is 1320. The third-order valence-corrected chi connectivity index (χ3v) is 8.11. The molecule has 4 rings (SSSR count). The summed E-state index contributed by atoms with van der Waals surface area (Å²) in [6, 6.07) is 11.9. The van der Waals surface area contributed by atoms with Gasteiger partial charge in [-0.15, -0.1) is 6.42 Å². The minimum Gasteiger partial charge on any atom is -0.304 e. The van der Waals surface area contributed by atoms with Gasteiger partial charge < -0.3 is 4.57 Å². The van der Waals surface area contributed by atoms with Gasteiger partial charge in [0, 0.05) is 18.7 Å². The molecule has 0 N–H and O–H groups in total. The summed E-state index contributed by atoms with van der Waals surface area (Å²) in [4.78, 5) is 17.8. The molecule has 30 heavy (non-hydrogen) atoms. The van der Waals surface area contributed by atoms with E-state index in [-0.39, 0.29) is 4.90 Å². The number of nitrogens with zero attached hydrogens (tertiary/aromatic N) is 3. The second kappa shape index (κ2) is 8.19. The van der Waals surface area contributed by atoms with E-state index in [1.54, 1.807) is 0 Å². The Hall–Kier alpha value is -2.73. The molecule has 2 heterocycles. The number of carbonyl (C=O) groups is 1. The average molecular weight is 440 g/mol. The number of hydrogen-bond donors (Lipinski definition) is 0. The van der Waals surface area contributed by atoms with E-state index >= 15 is 0 Å². The molecule has 1 saturated heterocycles. The predicted octanol–water partition coefficient (Wildman–Crippen LogP) is 3.17. The molecule has 1 aliphatic heterocycles. The van der Waals surface area contributed by atoms with Crippen molar-refractivity contribution in [3.63, 3.8) is 0 Å². The number of terminal acetylenes is 1. The minimum atomic E-state index is -3.51. The minimum absolute atomic E-state index is 0.195. The lowest BCUT2D eigenvalue weighted by Crippen LogP contribution is -2.27. The molecule has 8 heteroatoms. The van der Waals surface area contributed by atoms with E-state index in [0.29, 0.717) is 30.0 Å². The zero-order chi connectivity index (χ0) is 21.3. The van der Waals surface area contributed by atoms with E-state index in [4.69, 9.17) is 6.42 Å². The summed E-state index contributed by atoms with van der Waals surface area (Å²) < 4.78 is 29.6. The fourth-order valence-electron chi connectivity index (χ4n) is 3.63. The van der Waals surface area contributed by atoms with Gasteiger partial charge in [0.1, 0.15) is 0 Å². The zero-order valence-electron chi connectivity index (χ0n) is 16.5. The number of amides is 1. The van der Waals surface area contributed by atoms with Crippen LogP contribution in [-0.2, 0) is 16.6 Å². The van der Waals surface area contributed by atoms with Gasteiger partial charge in [-0.1, -0.05) is 29.4 Å². The van der Waals surface area contributed by atoms with Crippen LogP contribution in [0.4, 0.5) is 0 Å². The van der Waals surface area contributed by atoms with E-state index in [0.717, 1.165) is 28.6 Å². The van der Waals surface area contributed by atoms with Crippen molar-refractivity contribution < 1.29 is 13.2 Å². The number of thiazole rings is 1. The number of aromatic nitrogens is 1. The van der Waals surface area contributed by atoms with Crippen LogP contribution in [0.25, 0.3) is 10.2 Å². The normalized spacial score (nSPS) is 15.5. The maximum atomic E-state index is 12.8. The Kier molecular flexibility index (Phi) is 5.60. The Balaban J connectivity index is 1.69. The van der Waals surface area contributed by atoms with Crippen molar-refractivity contribution in [1.82, 2.24) is 8.87 Å². The van der Waals surface area contributed by atoms with Crippen molar-refractivity contribution in [1.29, 1.82) is 0 Å². The van der Waals surface area contributed by atoms with Crippen molar-refractivity contribution in [2.75, 3.05) is 13.1 Å². The van der Waals surface area contributed by atoms with Crippen LogP contribution in [0.5, 0.6) is 0 Å². The van der Waals surface area contributed by atoms with Gasteiger partial charge in [-0.05, 0) is 55.7 Å². The number of fused-ring (bicyclic) bond motifs is 1. The van der Waals surface area contributed by atoms with Crippen LogP contribution >= 0.6 is 11.3 Å². The van der Waals surface area contributed by atoms with Crippen molar-refractivity contribution in [2.24, 2.45) is 4.99 Å². The van der Waals surface area contributed by atoms with E-state index in [9.17, 15) is 13.2 Å². The van der Waals surface area contributed by atoms with Gasteiger partial charge in [0.05, 0.1) is 21.7 Å². The number of rotatable bonds is 4. The third-order valence-electron chi connectivity index (χ3n) is 5.15. The highest BCUT2D eigenvalue weighted by Crippen LogP contribution is 2.22. The lowest BCUT2D eigenvalue weighted by atomic mass is 10.2. The lowest BCUT2D eigenvalue weighted by Gasteiger charge is -2.15. The number of benzene rings is 2. The van der Waals surface area contributed by atoms with Crippen molar-refractivity contribution in [3.05, 3.63) is 58.4 Å².